The van der Waals surface area contributed by atoms with Crippen LogP contribution in [0, 0.1) is 0 Å². The summed E-state index contributed by atoms with van der Waals surface area (Å²) >= 11 is 0. The van der Waals surface area contributed by atoms with Crippen LogP contribution in [0.25, 0.3) is 0 Å². The van der Waals surface area contributed by atoms with E-state index in [2.05, 4.69) is 10.3 Å². The molecule has 26 heavy (non-hydrogen) atoms. The fourth-order valence-corrected chi connectivity index (χ4v) is 3.44. The van der Waals surface area contributed by atoms with Crippen molar-refractivity contribution in [3.8, 4) is 5.88 Å². The van der Waals surface area contributed by atoms with Gasteiger partial charge in [-0.1, -0.05) is 13.3 Å². The number of nitrogens with zero attached hydrogens (tertiary/aromatic N) is 2. The number of carbonyl (C=O) groups excluding carboxylic acids is 1. The number of hydrogen-bond donors (Lipinski definition) is 1. The maximum atomic E-state index is 12.5. The van der Waals surface area contributed by atoms with Crippen LogP contribution in [0.3, 0.4) is 0 Å². The summed E-state index contributed by atoms with van der Waals surface area (Å²) in [7, 11) is -0.455. The first kappa shape index (κ1) is 19.9. The smallest absolute Gasteiger partial charge is 0.257 e. The maximum absolute atomic E-state index is 12.5. The monoisotopic (exact) mass is 377 g/mol. The van der Waals surface area contributed by atoms with Crippen LogP contribution in [-0.4, -0.2) is 44.3 Å². The molecule has 1 aromatic carbocycles. The van der Waals surface area contributed by atoms with Crippen molar-refractivity contribution < 1.29 is 17.9 Å². The number of sulfonamides is 1. The summed E-state index contributed by atoms with van der Waals surface area (Å²) < 4.78 is 31.2. The zero-order valence-electron chi connectivity index (χ0n) is 15.1. The molecule has 0 fully saturated rings. The van der Waals surface area contributed by atoms with Gasteiger partial charge in [0, 0.05) is 31.5 Å². The summed E-state index contributed by atoms with van der Waals surface area (Å²) in [5.74, 6) is 0.0825. The van der Waals surface area contributed by atoms with Gasteiger partial charge in [0.25, 0.3) is 5.91 Å². The number of nitrogens with one attached hydrogen (secondary N) is 1. The largest absolute Gasteiger partial charge is 0.481 e. The molecule has 0 bridgehead atoms. The Morgan fingerprint density at radius 1 is 1.19 bits per heavy atom. The van der Waals surface area contributed by atoms with Crippen LogP contribution in [0.4, 0.5) is 5.69 Å². The van der Waals surface area contributed by atoms with Gasteiger partial charge in [-0.15, -0.1) is 0 Å². The van der Waals surface area contributed by atoms with Crippen molar-refractivity contribution in [2.45, 2.75) is 24.7 Å². The quantitative estimate of drug-likeness (QED) is 0.764. The van der Waals surface area contributed by atoms with E-state index < -0.39 is 10.0 Å². The highest BCUT2D eigenvalue weighted by atomic mass is 32.2. The minimum Gasteiger partial charge on any atom is -0.481 e. The van der Waals surface area contributed by atoms with Crippen molar-refractivity contribution in [2.75, 3.05) is 26.0 Å². The molecule has 0 atom stereocenters. The molecule has 0 saturated carbocycles. The zero-order chi connectivity index (χ0) is 19.2. The van der Waals surface area contributed by atoms with Crippen LogP contribution in [0.15, 0.2) is 47.5 Å². The summed E-state index contributed by atoms with van der Waals surface area (Å²) in [4.78, 5) is 16.4. The Morgan fingerprint density at radius 3 is 2.42 bits per heavy atom. The fourth-order valence-electron chi connectivity index (χ4n) is 2.23. The average molecular weight is 377 g/mol. The fraction of sp³-hybridized carbons (Fsp3) is 0.333. The lowest BCUT2D eigenvalue weighted by molar-refractivity contribution is 0.102. The van der Waals surface area contributed by atoms with E-state index in [1.165, 1.54) is 29.7 Å². The molecule has 1 amide bonds. The molecule has 1 N–H and O–H groups in total. The van der Waals surface area contributed by atoms with Gasteiger partial charge in [-0.05, 0) is 36.8 Å². The normalized spacial score (nSPS) is 11.4. The number of methoxy groups -OCH3 is 1. The maximum Gasteiger partial charge on any atom is 0.257 e. The van der Waals surface area contributed by atoms with Crippen LogP contribution < -0.4 is 10.1 Å². The van der Waals surface area contributed by atoms with Crippen molar-refractivity contribution in [2.24, 2.45) is 0 Å². The van der Waals surface area contributed by atoms with Crippen molar-refractivity contribution in [3.63, 3.8) is 0 Å². The molecule has 0 aliphatic heterocycles. The Labute approximate surface area is 154 Å². The highest BCUT2D eigenvalue weighted by Gasteiger charge is 2.20. The second-order valence-electron chi connectivity index (χ2n) is 5.75. The predicted molar refractivity (Wildman–Crippen MR) is 99.9 cm³/mol. The van der Waals surface area contributed by atoms with Gasteiger partial charge in [0.05, 0.1) is 17.6 Å². The van der Waals surface area contributed by atoms with Crippen molar-refractivity contribution >= 4 is 21.6 Å². The first-order valence-electron chi connectivity index (χ1n) is 8.26. The Kier molecular flexibility index (Phi) is 6.70. The molecule has 1 heterocycles. The molecule has 2 aromatic rings. The third kappa shape index (κ3) is 4.80. The third-order valence-corrected chi connectivity index (χ3v) is 5.73. The highest BCUT2D eigenvalue weighted by Crippen LogP contribution is 2.18. The number of aromatic nitrogens is 1. The van der Waals surface area contributed by atoms with Crippen LogP contribution in [0.5, 0.6) is 5.88 Å². The minimum atomic E-state index is -3.52. The lowest BCUT2D eigenvalue weighted by Crippen LogP contribution is -2.27. The second-order valence-corrected chi connectivity index (χ2v) is 7.79. The number of benzene rings is 1. The Hall–Kier alpha value is -2.45. The summed E-state index contributed by atoms with van der Waals surface area (Å²) in [6.45, 7) is 2.48. The molecule has 7 nitrogen and oxygen atoms in total. The van der Waals surface area contributed by atoms with Crippen LogP contribution >= 0.6 is 0 Å². The number of pyridine rings is 1. The van der Waals surface area contributed by atoms with E-state index >= 15 is 0 Å². The molecular weight excluding hydrogens is 354 g/mol. The standard InChI is InChI=1S/C18H23N3O4S/c1-4-5-12-21(2)26(23,24)16-9-7-15(8-10-16)20-18(22)14-6-11-17(25-3)19-13-14/h6-11,13H,4-5,12H2,1-3H3,(H,20,22). The molecule has 0 saturated heterocycles. The minimum absolute atomic E-state index is 0.195. The van der Waals surface area contributed by atoms with Gasteiger partial charge >= 0.3 is 0 Å². The lowest BCUT2D eigenvalue weighted by atomic mass is 10.2. The van der Waals surface area contributed by atoms with Crippen molar-refractivity contribution in [1.82, 2.24) is 9.29 Å². The number of anilines is 1. The Bertz CT molecular complexity index is 834. The summed E-state index contributed by atoms with van der Waals surface area (Å²) in [6, 6.07) is 9.30. The van der Waals surface area contributed by atoms with Gasteiger partial charge in [0.2, 0.25) is 15.9 Å². The summed E-state index contributed by atoms with van der Waals surface area (Å²) in [5.41, 5.74) is 0.878. The van der Waals surface area contributed by atoms with Crippen molar-refractivity contribution in [1.29, 1.82) is 0 Å². The second kappa shape index (κ2) is 8.77. The van der Waals surface area contributed by atoms with E-state index in [0.29, 0.717) is 23.7 Å². The SMILES string of the molecule is CCCCN(C)S(=O)(=O)c1ccc(NC(=O)c2ccc(OC)nc2)cc1. The predicted octanol–water partition coefficient (Wildman–Crippen LogP) is 2.76. The average Bonchev–Trinajstić information content (AvgIpc) is 2.66. The summed E-state index contributed by atoms with van der Waals surface area (Å²) in [6.07, 6.45) is 3.14. The Morgan fingerprint density at radius 2 is 1.88 bits per heavy atom. The number of hydrogen-bond acceptors (Lipinski definition) is 5. The van der Waals surface area contributed by atoms with Gasteiger partial charge in [0.15, 0.2) is 0 Å². The Balaban J connectivity index is 2.07. The van der Waals surface area contributed by atoms with Gasteiger partial charge in [0.1, 0.15) is 0 Å². The molecule has 8 heteroatoms. The van der Waals surface area contributed by atoms with E-state index in [9.17, 15) is 13.2 Å². The van der Waals surface area contributed by atoms with E-state index in [1.807, 2.05) is 6.92 Å². The van der Waals surface area contributed by atoms with Gasteiger partial charge in [-0.3, -0.25) is 4.79 Å². The van der Waals surface area contributed by atoms with Crippen LogP contribution in [0.2, 0.25) is 0 Å². The number of carbonyl (C=O) groups is 1. The first-order chi connectivity index (χ1) is 12.4. The molecule has 0 radical (unpaired) electrons. The van der Waals surface area contributed by atoms with E-state index in [4.69, 9.17) is 4.74 Å². The molecule has 0 aliphatic rings. The van der Waals surface area contributed by atoms with E-state index in [0.717, 1.165) is 12.8 Å². The number of rotatable bonds is 8. The molecule has 2 rings (SSSR count). The topological polar surface area (TPSA) is 88.6 Å². The third-order valence-electron chi connectivity index (χ3n) is 3.85. The van der Waals surface area contributed by atoms with Crippen molar-refractivity contribution in [3.05, 3.63) is 48.2 Å². The molecule has 140 valence electrons. The van der Waals surface area contributed by atoms with Gasteiger partial charge in [-0.2, -0.15) is 0 Å². The number of unbranched alkanes of at least 4 members (excludes halogenated alkanes) is 1. The number of ether oxygens (including phenoxy) is 1. The van der Waals surface area contributed by atoms with Gasteiger partial charge < -0.3 is 10.1 Å². The molecular formula is C18H23N3O4S. The number of amides is 1. The molecule has 1 aromatic heterocycles. The van der Waals surface area contributed by atoms with Gasteiger partial charge in [-0.25, -0.2) is 17.7 Å². The van der Waals surface area contributed by atoms with E-state index in [1.54, 1.807) is 31.3 Å². The summed E-state index contributed by atoms with van der Waals surface area (Å²) in [5, 5.41) is 2.71. The van der Waals surface area contributed by atoms with E-state index in [-0.39, 0.29) is 10.8 Å². The molecule has 0 aliphatic carbocycles. The highest BCUT2D eigenvalue weighted by molar-refractivity contribution is 7.89. The lowest BCUT2D eigenvalue weighted by Gasteiger charge is -2.17. The molecule has 0 spiro atoms. The van der Waals surface area contributed by atoms with Crippen LogP contribution in [-0.2, 0) is 10.0 Å². The van der Waals surface area contributed by atoms with Crippen LogP contribution in [0.1, 0.15) is 30.1 Å². The zero-order valence-corrected chi connectivity index (χ0v) is 15.9. The molecule has 0 unspecified atom stereocenters. The first-order valence-corrected chi connectivity index (χ1v) is 9.70.